The van der Waals surface area contributed by atoms with Crippen LogP contribution in [-0.4, -0.2) is 16.4 Å². The van der Waals surface area contributed by atoms with Gasteiger partial charge in [0.15, 0.2) is 0 Å². The topological polar surface area (TPSA) is 33.2 Å². The minimum absolute atomic E-state index is 0.0993. The van der Waals surface area contributed by atoms with Crippen molar-refractivity contribution in [2.45, 2.75) is 53.0 Å². The second-order valence-corrected chi connectivity index (χ2v) is 4.68. The predicted molar refractivity (Wildman–Crippen MR) is 71.1 cm³/mol. The molecule has 0 N–H and O–H groups in total. The van der Waals surface area contributed by atoms with E-state index in [1.165, 1.54) is 0 Å². The van der Waals surface area contributed by atoms with Crippen molar-refractivity contribution in [2.24, 2.45) is 0 Å². The number of aryl methyl sites for hydroxylation is 1. The van der Waals surface area contributed by atoms with Gasteiger partial charge in [-0.3, -0.25) is 9.69 Å². The van der Waals surface area contributed by atoms with Crippen molar-refractivity contribution in [3.8, 4) is 0 Å². The van der Waals surface area contributed by atoms with E-state index in [1.54, 1.807) is 0 Å². The second kappa shape index (κ2) is 5.30. The first-order chi connectivity index (χ1) is 8.00. The SMILES string of the molecule is CC.Cc1cccc(N2C(=O)CCC2(C)C)n1. The summed E-state index contributed by atoms with van der Waals surface area (Å²) in [7, 11) is 0. The molecule has 2 rings (SSSR count). The molecule has 1 aromatic heterocycles. The lowest BCUT2D eigenvalue weighted by Gasteiger charge is -2.30. The number of carbonyl (C=O) groups is 1. The van der Waals surface area contributed by atoms with Gasteiger partial charge in [-0.25, -0.2) is 4.98 Å². The number of nitrogens with zero attached hydrogens (tertiary/aromatic N) is 2. The summed E-state index contributed by atoms with van der Waals surface area (Å²) in [4.78, 5) is 18.0. The normalized spacial score (nSPS) is 17.7. The van der Waals surface area contributed by atoms with E-state index >= 15 is 0 Å². The monoisotopic (exact) mass is 234 g/mol. The lowest BCUT2D eigenvalue weighted by atomic mass is 10.0. The van der Waals surface area contributed by atoms with Gasteiger partial charge in [0.1, 0.15) is 5.82 Å². The van der Waals surface area contributed by atoms with E-state index in [1.807, 2.05) is 43.9 Å². The van der Waals surface area contributed by atoms with Crippen molar-refractivity contribution in [3.63, 3.8) is 0 Å². The molecule has 1 aliphatic rings. The second-order valence-electron chi connectivity index (χ2n) is 4.68. The highest BCUT2D eigenvalue weighted by Gasteiger charge is 2.39. The van der Waals surface area contributed by atoms with E-state index < -0.39 is 0 Å². The Labute approximate surface area is 104 Å². The Balaban J connectivity index is 0.000000686. The van der Waals surface area contributed by atoms with E-state index in [9.17, 15) is 4.79 Å². The Kier molecular flexibility index (Phi) is 4.27. The smallest absolute Gasteiger partial charge is 0.228 e. The third-order valence-electron chi connectivity index (χ3n) is 2.91. The highest BCUT2D eigenvalue weighted by Crippen LogP contribution is 2.33. The lowest BCUT2D eigenvalue weighted by Crippen LogP contribution is -2.41. The maximum atomic E-state index is 11.8. The van der Waals surface area contributed by atoms with Gasteiger partial charge in [0.25, 0.3) is 0 Å². The van der Waals surface area contributed by atoms with E-state index in [0.29, 0.717) is 6.42 Å². The summed E-state index contributed by atoms with van der Waals surface area (Å²) in [6.07, 6.45) is 1.53. The molecule has 1 amide bonds. The molecular formula is C14H22N2O. The van der Waals surface area contributed by atoms with Crippen LogP contribution in [0.1, 0.15) is 46.2 Å². The van der Waals surface area contributed by atoms with E-state index in [2.05, 4.69) is 18.8 Å². The molecule has 1 aliphatic heterocycles. The molecule has 0 bridgehead atoms. The largest absolute Gasteiger partial charge is 0.291 e. The van der Waals surface area contributed by atoms with Crippen LogP contribution in [0.15, 0.2) is 18.2 Å². The third-order valence-corrected chi connectivity index (χ3v) is 2.91. The van der Waals surface area contributed by atoms with Gasteiger partial charge in [0.05, 0.1) is 0 Å². The maximum absolute atomic E-state index is 11.8. The first kappa shape index (κ1) is 13.7. The summed E-state index contributed by atoms with van der Waals surface area (Å²) in [5, 5.41) is 0. The molecule has 0 unspecified atom stereocenters. The molecule has 0 aromatic carbocycles. The van der Waals surface area contributed by atoms with Crippen LogP contribution in [0.5, 0.6) is 0 Å². The van der Waals surface area contributed by atoms with Crippen molar-refractivity contribution < 1.29 is 4.79 Å². The van der Waals surface area contributed by atoms with E-state index in [4.69, 9.17) is 0 Å². The Bertz CT molecular complexity index is 399. The number of rotatable bonds is 1. The van der Waals surface area contributed by atoms with Crippen molar-refractivity contribution >= 4 is 11.7 Å². The van der Waals surface area contributed by atoms with Crippen LogP contribution in [-0.2, 0) is 4.79 Å². The highest BCUT2D eigenvalue weighted by molar-refractivity contribution is 5.96. The Morgan fingerprint density at radius 1 is 1.29 bits per heavy atom. The van der Waals surface area contributed by atoms with E-state index in [-0.39, 0.29) is 11.4 Å². The van der Waals surface area contributed by atoms with Gasteiger partial charge in [0, 0.05) is 17.7 Å². The fourth-order valence-electron chi connectivity index (χ4n) is 2.07. The number of carbonyl (C=O) groups excluding carboxylic acids is 1. The summed E-state index contributed by atoms with van der Waals surface area (Å²) in [6, 6.07) is 5.79. The van der Waals surface area contributed by atoms with Gasteiger partial charge in [0.2, 0.25) is 5.91 Å². The molecule has 0 saturated carbocycles. The van der Waals surface area contributed by atoms with Gasteiger partial charge in [-0.2, -0.15) is 0 Å². The number of anilines is 1. The fourth-order valence-corrected chi connectivity index (χ4v) is 2.07. The summed E-state index contributed by atoms with van der Waals surface area (Å²) >= 11 is 0. The molecule has 0 radical (unpaired) electrons. The van der Waals surface area contributed by atoms with Gasteiger partial charge >= 0.3 is 0 Å². The van der Waals surface area contributed by atoms with Crippen LogP contribution in [0.2, 0.25) is 0 Å². The van der Waals surface area contributed by atoms with Crippen LogP contribution >= 0.6 is 0 Å². The number of amides is 1. The molecule has 0 aliphatic carbocycles. The van der Waals surface area contributed by atoms with Gasteiger partial charge in [-0.15, -0.1) is 0 Å². The summed E-state index contributed by atoms with van der Waals surface area (Å²) in [5.74, 6) is 0.959. The first-order valence-electron chi connectivity index (χ1n) is 6.27. The molecular weight excluding hydrogens is 212 g/mol. The highest BCUT2D eigenvalue weighted by atomic mass is 16.2. The van der Waals surface area contributed by atoms with Gasteiger partial charge in [-0.1, -0.05) is 19.9 Å². The lowest BCUT2D eigenvalue weighted by molar-refractivity contribution is -0.117. The zero-order chi connectivity index (χ0) is 13.1. The average molecular weight is 234 g/mol. The van der Waals surface area contributed by atoms with Crippen LogP contribution in [0.3, 0.4) is 0 Å². The number of pyridine rings is 1. The molecule has 0 atom stereocenters. The predicted octanol–water partition coefficient (Wildman–Crippen LogP) is 3.32. The molecule has 3 nitrogen and oxygen atoms in total. The summed E-state index contributed by atoms with van der Waals surface area (Å²) in [6.45, 7) is 10.1. The summed E-state index contributed by atoms with van der Waals surface area (Å²) < 4.78 is 0. The van der Waals surface area contributed by atoms with Crippen molar-refractivity contribution in [2.75, 3.05) is 4.90 Å². The van der Waals surface area contributed by atoms with Crippen LogP contribution in [0, 0.1) is 6.92 Å². The minimum atomic E-state index is -0.0993. The molecule has 1 aromatic rings. The third kappa shape index (κ3) is 2.84. The van der Waals surface area contributed by atoms with Crippen molar-refractivity contribution in [1.29, 1.82) is 0 Å². The quantitative estimate of drug-likeness (QED) is 0.746. The average Bonchev–Trinajstić information content (AvgIpc) is 2.56. The van der Waals surface area contributed by atoms with Crippen molar-refractivity contribution in [1.82, 2.24) is 4.98 Å². The molecule has 0 spiro atoms. The molecule has 1 fully saturated rings. The molecule has 94 valence electrons. The minimum Gasteiger partial charge on any atom is -0.291 e. The van der Waals surface area contributed by atoms with Crippen LogP contribution < -0.4 is 4.90 Å². The maximum Gasteiger partial charge on any atom is 0.228 e. The molecule has 2 heterocycles. The Morgan fingerprint density at radius 2 is 1.94 bits per heavy atom. The van der Waals surface area contributed by atoms with Crippen molar-refractivity contribution in [3.05, 3.63) is 23.9 Å². The Hall–Kier alpha value is -1.38. The summed E-state index contributed by atoms with van der Waals surface area (Å²) in [5.41, 5.74) is 0.848. The van der Waals surface area contributed by atoms with Crippen LogP contribution in [0.4, 0.5) is 5.82 Å². The number of hydrogen-bond donors (Lipinski definition) is 0. The fraction of sp³-hybridized carbons (Fsp3) is 0.571. The molecule has 17 heavy (non-hydrogen) atoms. The molecule has 1 saturated heterocycles. The number of hydrogen-bond acceptors (Lipinski definition) is 2. The number of aromatic nitrogens is 1. The zero-order valence-corrected chi connectivity index (χ0v) is 11.4. The Morgan fingerprint density at radius 3 is 2.41 bits per heavy atom. The zero-order valence-electron chi connectivity index (χ0n) is 11.4. The molecule has 3 heteroatoms. The standard InChI is InChI=1S/C12H16N2O.C2H6/c1-9-5-4-6-10(13-9)14-11(15)7-8-12(14,2)3;1-2/h4-6H,7-8H2,1-3H3;1-2H3. The van der Waals surface area contributed by atoms with Gasteiger partial charge in [-0.05, 0) is 39.3 Å². The van der Waals surface area contributed by atoms with E-state index in [0.717, 1.165) is 17.9 Å². The van der Waals surface area contributed by atoms with Crippen LogP contribution in [0.25, 0.3) is 0 Å². The first-order valence-corrected chi connectivity index (χ1v) is 6.27. The van der Waals surface area contributed by atoms with Gasteiger partial charge < -0.3 is 0 Å².